The van der Waals surface area contributed by atoms with Gasteiger partial charge in [0.05, 0.1) is 20.6 Å². The highest BCUT2D eigenvalue weighted by Crippen LogP contribution is 2.28. The molecule has 0 bridgehead atoms. The maximum absolute atomic E-state index is 12.3. The number of nitrogens with zero attached hydrogens (tertiary/aromatic N) is 1. The van der Waals surface area contributed by atoms with E-state index in [1.807, 2.05) is 17.0 Å². The van der Waals surface area contributed by atoms with E-state index in [9.17, 15) is 9.59 Å². The summed E-state index contributed by atoms with van der Waals surface area (Å²) in [5.41, 5.74) is 0.898. The van der Waals surface area contributed by atoms with E-state index in [1.165, 1.54) is 0 Å². The average molecular weight is 291 g/mol. The Labute approximate surface area is 124 Å². The number of hydrogen-bond acceptors (Lipinski definition) is 4. The number of carbonyl (C=O) groups excluding carboxylic acids is 2. The van der Waals surface area contributed by atoms with Gasteiger partial charge in [0, 0.05) is 19.0 Å². The van der Waals surface area contributed by atoms with Crippen molar-refractivity contribution in [1.29, 1.82) is 0 Å². The Morgan fingerprint density at radius 3 is 2.48 bits per heavy atom. The van der Waals surface area contributed by atoms with Crippen molar-refractivity contribution in [2.75, 3.05) is 27.3 Å². The van der Waals surface area contributed by atoms with E-state index in [1.54, 1.807) is 20.3 Å². The molecule has 1 saturated heterocycles. The zero-order valence-corrected chi connectivity index (χ0v) is 12.5. The second-order valence-corrected chi connectivity index (χ2v) is 5.22. The van der Waals surface area contributed by atoms with Gasteiger partial charge in [-0.25, -0.2) is 0 Å². The highest BCUT2D eigenvalue weighted by atomic mass is 16.5. The van der Waals surface area contributed by atoms with Gasteiger partial charge < -0.3 is 19.2 Å². The zero-order chi connectivity index (χ0) is 15.2. The van der Waals surface area contributed by atoms with Crippen LogP contribution in [-0.2, 0) is 16.0 Å². The van der Waals surface area contributed by atoms with Crippen LogP contribution in [0.3, 0.4) is 0 Å². The van der Waals surface area contributed by atoms with Crippen LogP contribution in [0.15, 0.2) is 18.2 Å². The van der Waals surface area contributed by atoms with Crippen LogP contribution in [-0.4, -0.2) is 44.4 Å². The second-order valence-electron chi connectivity index (χ2n) is 5.22. The van der Waals surface area contributed by atoms with Crippen molar-refractivity contribution >= 4 is 12.2 Å². The molecule has 1 aromatic rings. The van der Waals surface area contributed by atoms with Crippen molar-refractivity contribution in [2.45, 2.75) is 19.3 Å². The molecule has 1 amide bonds. The minimum absolute atomic E-state index is 0.0894. The van der Waals surface area contributed by atoms with Gasteiger partial charge in [0.25, 0.3) is 0 Å². The summed E-state index contributed by atoms with van der Waals surface area (Å²) in [5.74, 6) is 1.48. The summed E-state index contributed by atoms with van der Waals surface area (Å²) in [7, 11) is 3.16. The van der Waals surface area contributed by atoms with Gasteiger partial charge in [-0.2, -0.15) is 0 Å². The van der Waals surface area contributed by atoms with Gasteiger partial charge in [-0.05, 0) is 30.5 Å². The lowest BCUT2D eigenvalue weighted by atomic mass is 9.98. The molecule has 0 unspecified atom stereocenters. The van der Waals surface area contributed by atoms with Crippen molar-refractivity contribution in [3.05, 3.63) is 23.8 Å². The number of rotatable bonds is 5. The van der Waals surface area contributed by atoms with Crippen LogP contribution in [0, 0.1) is 5.92 Å². The molecule has 1 heterocycles. The van der Waals surface area contributed by atoms with Gasteiger partial charge in [0.1, 0.15) is 6.29 Å². The maximum atomic E-state index is 12.3. The van der Waals surface area contributed by atoms with Gasteiger partial charge in [-0.1, -0.05) is 6.07 Å². The van der Waals surface area contributed by atoms with E-state index < -0.39 is 0 Å². The van der Waals surface area contributed by atoms with E-state index in [0.29, 0.717) is 31.0 Å². The minimum Gasteiger partial charge on any atom is -0.493 e. The number of ether oxygens (including phenoxy) is 2. The molecule has 0 atom stereocenters. The lowest BCUT2D eigenvalue weighted by Gasteiger charge is -2.29. The molecule has 21 heavy (non-hydrogen) atoms. The van der Waals surface area contributed by atoms with Gasteiger partial charge in [-0.3, -0.25) is 4.79 Å². The van der Waals surface area contributed by atoms with Crippen molar-refractivity contribution in [3.63, 3.8) is 0 Å². The van der Waals surface area contributed by atoms with E-state index in [4.69, 9.17) is 9.47 Å². The Morgan fingerprint density at radius 1 is 1.24 bits per heavy atom. The third-order valence-corrected chi connectivity index (χ3v) is 3.89. The molecular weight excluding hydrogens is 270 g/mol. The van der Waals surface area contributed by atoms with Crippen LogP contribution in [0.5, 0.6) is 11.5 Å². The smallest absolute Gasteiger partial charge is 0.226 e. The summed E-state index contributed by atoms with van der Waals surface area (Å²) >= 11 is 0. The first-order valence-corrected chi connectivity index (χ1v) is 7.12. The topological polar surface area (TPSA) is 55.8 Å². The number of amides is 1. The van der Waals surface area contributed by atoms with Gasteiger partial charge in [-0.15, -0.1) is 0 Å². The Balaban J connectivity index is 1.98. The largest absolute Gasteiger partial charge is 0.493 e. The maximum Gasteiger partial charge on any atom is 0.226 e. The molecule has 1 aromatic carbocycles. The highest BCUT2D eigenvalue weighted by molar-refractivity contribution is 5.79. The lowest BCUT2D eigenvalue weighted by molar-refractivity contribution is -0.132. The molecule has 1 aliphatic rings. The Bertz CT molecular complexity index is 507. The molecule has 0 N–H and O–H groups in total. The standard InChI is InChI=1S/C16H21NO4/c1-20-14-4-3-13(9-15(14)21-2)10-16(19)17-7-5-12(11-18)6-8-17/h3-4,9,11-12H,5-8,10H2,1-2H3. The van der Waals surface area contributed by atoms with Crippen LogP contribution >= 0.6 is 0 Å². The van der Waals surface area contributed by atoms with Gasteiger partial charge >= 0.3 is 0 Å². The molecule has 1 fully saturated rings. The third-order valence-electron chi connectivity index (χ3n) is 3.89. The summed E-state index contributed by atoms with van der Waals surface area (Å²) in [5, 5.41) is 0. The summed E-state index contributed by atoms with van der Waals surface area (Å²) in [4.78, 5) is 24.8. The Morgan fingerprint density at radius 2 is 1.90 bits per heavy atom. The summed E-state index contributed by atoms with van der Waals surface area (Å²) in [6.45, 7) is 1.32. The number of piperidine rings is 1. The van der Waals surface area contributed by atoms with Crippen molar-refractivity contribution in [2.24, 2.45) is 5.92 Å². The summed E-state index contributed by atoms with van der Waals surface area (Å²) < 4.78 is 10.4. The predicted molar refractivity (Wildman–Crippen MR) is 78.6 cm³/mol. The minimum atomic E-state index is 0.0894. The van der Waals surface area contributed by atoms with Gasteiger partial charge in [0.2, 0.25) is 5.91 Å². The molecule has 0 radical (unpaired) electrons. The second kappa shape index (κ2) is 7.11. The van der Waals surface area contributed by atoms with E-state index in [2.05, 4.69) is 0 Å². The van der Waals surface area contributed by atoms with Crippen molar-refractivity contribution in [3.8, 4) is 11.5 Å². The van der Waals surface area contributed by atoms with Crippen LogP contribution < -0.4 is 9.47 Å². The fourth-order valence-corrected chi connectivity index (χ4v) is 2.56. The van der Waals surface area contributed by atoms with E-state index in [0.717, 1.165) is 24.7 Å². The number of benzene rings is 1. The normalized spacial score (nSPS) is 15.6. The first kappa shape index (κ1) is 15.4. The van der Waals surface area contributed by atoms with E-state index >= 15 is 0 Å². The fraction of sp³-hybridized carbons (Fsp3) is 0.500. The third kappa shape index (κ3) is 3.74. The molecule has 5 heteroatoms. The van der Waals surface area contributed by atoms with Crippen molar-refractivity contribution < 1.29 is 19.1 Å². The van der Waals surface area contributed by atoms with Crippen LogP contribution in [0.4, 0.5) is 0 Å². The molecule has 0 aliphatic carbocycles. The van der Waals surface area contributed by atoms with E-state index in [-0.39, 0.29) is 11.8 Å². The lowest BCUT2D eigenvalue weighted by Crippen LogP contribution is -2.39. The predicted octanol–water partition coefficient (Wildman–Crippen LogP) is 1.68. The Hall–Kier alpha value is -2.04. The van der Waals surface area contributed by atoms with Gasteiger partial charge in [0.15, 0.2) is 11.5 Å². The first-order valence-electron chi connectivity index (χ1n) is 7.12. The first-order chi connectivity index (χ1) is 10.2. The molecule has 2 rings (SSSR count). The fourth-order valence-electron chi connectivity index (χ4n) is 2.56. The molecular formula is C16H21NO4. The monoisotopic (exact) mass is 291 g/mol. The SMILES string of the molecule is COc1ccc(CC(=O)N2CCC(C=O)CC2)cc1OC. The van der Waals surface area contributed by atoms with Crippen LogP contribution in [0.25, 0.3) is 0 Å². The molecule has 0 aromatic heterocycles. The number of likely N-dealkylation sites (tertiary alicyclic amines) is 1. The molecule has 114 valence electrons. The Kier molecular flexibility index (Phi) is 5.20. The number of hydrogen-bond donors (Lipinski definition) is 0. The van der Waals surface area contributed by atoms with Crippen LogP contribution in [0.1, 0.15) is 18.4 Å². The zero-order valence-electron chi connectivity index (χ0n) is 12.5. The molecule has 0 spiro atoms. The number of methoxy groups -OCH3 is 2. The van der Waals surface area contributed by atoms with Crippen LogP contribution in [0.2, 0.25) is 0 Å². The quantitative estimate of drug-likeness (QED) is 0.775. The average Bonchev–Trinajstić information content (AvgIpc) is 2.54. The number of aldehydes is 1. The number of carbonyl (C=O) groups is 2. The molecule has 0 saturated carbocycles. The summed E-state index contributed by atoms with van der Waals surface area (Å²) in [6, 6.07) is 5.51. The highest BCUT2D eigenvalue weighted by Gasteiger charge is 2.22. The molecule has 1 aliphatic heterocycles. The molecule has 5 nitrogen and oxygen atoms in total. The van der Waals surface area contributed by atoms with Crippen molar-refractivity contribution in [1.82, 2.24) is 4.90 Å². The summed E-state index contributed by atoms with van der Waals surface area (Å²) in [6.07, 6.45) is 2.87.